The van der Waals surface area contributed by atoms with Crippen molar-refractivity contribution in [2.75, 3.05) is 4.90 Å². The van der Waals surface area contributed by atoms with Gasteiger partial charge in [-0.25, -0.2) is 0 Å². The van der Waals surface area contributed by atoms with Gasteiger partial charge >= 0.3 is 0 Å². The predicted molar refractivity (Wildman–Crippen MR) is 224 cm³/mol. The fraction of sp³-hybridized carbons (Fsp3) is 0.0588. The summed E-state index contributed by atoms with van der Waals surface area (Å²) >= 11 is 0. The number of anilines is 3. The summed E-state index contributed by atoms with van der Waals surface area (Å²) in [6.07, 6.45) is 0. The van der Waals surface area contributed by atoms with Crippen molar-refractivity contribution in [3.63, 3.8) is 0 Å². The second-order valence-electron chi connectivity index (χ2n) is 14.8. The lowest BCUT2D eigenvalue weighted by molar-refractivity contribution is 0.660. The van der Waals surface area contributed by atoms with Crippen LogP contribution >= 0.6 is 0 Å². The van der Waals surface area contributed by atoms with E-state index in [2.05, 4.69) is 176 Å². The minimum atomic E-state index is -0.172. The van der Waals surface area contributed by atoms with Crippen LogP contribution in [0, 0.1) is 0 Å². The third kappa shape index (κ3) is 4.42. The summed E-state index contributed by atoms with van der Waals surface area (Å²) in [5.41, 5.74) is 16.1. The molecule has 0 N–H and O–H groups in total. The zero-order valence-electron chi connectivity index (χ0n) is 30.0. The molecule has 1 aliphatic rings. The second kappa shape index (κ2) is 11.6. The topological polar surface area (TPSA) is 29.5 Å². The van der Waals surface area contributed by atoms with E-state index in [1.165, 1.54) is 22.3 Å². The van der Waals surface area contributed by atoms with Crippen molar-refractivity contribution in [3.05, 3.63) is 187 Å². The zero-order valence-corrected chi connectivity index (χ0v) is 30.0. The number of para-hydroxylation sites is 2. The average Bonchev–Trinajstić information content (AvgIpc) is 3.86. The minimum absolute atomic E-state index is 0.172. The first-order chi connectivity index (χ1) is 26.6. The predicted octanol–water partition coefficient (Wildman–Crippen LogP) is 14.6. The fourth-order valence-electron chi connectivity index (χ4n) is 8.95. The van der Waals surface area contributed by atoms with Crippen LogP contribution in [0.15, 0.2) is 185 Å². The van der Waals surface area contributed by atoms with Gasteiger partial charge in [0, 0.05) is 43.8 Å². The SMILES string of the molecule is CC1(C)c2ccccc2-c2ccc(N(c3ccccc3-c3ccccc3)c3c(-c4ccccc4)ccc4c3oc3ccc5oc6ccccc6c5c34)cc21. The molecule has 256 valence electrons. The highest BCUT2D eigenvalue weighted by atomic mass is 16.3. The monoisotopic (exact) mass is 693 g/mol. The van der Waals surface area contributed by atoms with Gasteiger partial charge < -0.3 is 13.7 Å². The molecule has 0 aliphatic heterocycles. The van der Waals surface area contributed by atoms with Gasteiger partial charge in [-0.1, -0.05) is 147 Å². The lowest BCUT2D eigenvalue weighted by Gasteiger charge is -2.31. The van der Waals surface area contributed by atoms with E-state index < -0.39 is 0 Å². The molecule has 1 aliphatic carbocycles. The van der Waals surface area contributed by atoms with Gasteiger partial charge in [-0.15, -0.1) is 0 Å². The molecule has 3 nitrogen and oxygen atoms in total. The summed E-state index contributed by atoms with van der Waals surface area (Å²) in [6, 6.07) is 62.9. The molecule has 0 fully saturated rings. The highest BCUT2D eigenvalue weighted by molar-refractivity contribution is 6.27. The van der Waals surface area contributed by atoms with E-state index >= 15 is 0 Å². The van der Waals surface area contributed by atoms with Crippen molar-refractivity contribution in [1.29, 1.82) is 0 Å². The number of nitrogens with zero attached hydrogens (tertiary/aromatic N) is 1. The molecular formula is C51H35NO2. The summed E-state index contributed by atoms with van der Waals surface area (Å²) < 4.78 is 13.5. The quantitative estimate of drug-likeness (QED) is 0.180. The maximum atomic E-state index is 7.14. The van der Waals surface area contributed by atoms with Crippen molar-refractivity contribution in [3.8, 4) is 33.4 Å². The Kier molecular flexibility index (Phi) is 6.60. The molecule has 8 aromatic carbocycles. The van der Waals surface area contributed by atoms with Gasteiger partial charge in [0.05, 0.1) is 11.4 Å². The molecule has 0 spiro atoms. The summed E-state index contributed by atoms with van der Waals surface area (Å²) in [6.45, 7) is 4.69. The molecule has 0 atom stereocenters. The number of benzene rings is 8. The minimum Gasteiger partial charge on any atom is -0.456 e. The normalized spacial score (nSPS) is 13.1. The molecule has 0 amide bonds. The van der Waals surface area contributed by atoms with E-state index in [0.717, 1.165) is 83.2 Å². The van der Waals surface area contributed by atoms with Crippen LogP contribution < -0.4 is 4.90 Å². The van der Waals surface area contributed by atoms with Crippen molar-refractivity contribution in [1.82, 2.24) is 0 Å². The first kappa shape index (κ1) is 30.8. The van der Waals surface area contributed by atoms with E-state index in [1.54, 1.807) is 0 Å². The molecule has 0 saturated heterocycles. The van der Waals surface area contributed by atoms with Gasteiger partial charge in [-0.05, 0) is 75.8 Å². The molecule has 0 radical (unpaired) electrons. The van der Waals surface area contributed by atoms with Crippen LogP contribution in [-0.2, 0) is 5.41 Å². The number of hydrogen-bond acceptors (Lipinski definition) is 3. The molecule has 0 bridgehead atoms. The number of fused-ring (bicyclic) bond motifs is 10. The van der Waals surface area contributed by atoms with Crippen LogP contribution in [0.4, 0.5) is 17.1 Å². The van der Waals surface area contributed by atoms with Gasteiger partial charge in [0.15, 0.2) is 5.58 Å². The Bertz CT molecular complexity index is 3080. The van der Waals surface area contributed by atoms with Crippen LogP contribution in [0.1, 0.15) is 25.0 Å². The Hall–Kier alpha value is -6.84. The summed E-state index contributed by atoms with van der Waals surface area (Å²) in [4.78, 5) is 2.44. The Labute approximate surface area is 313 Å². The summed E-state index contributed by atoms with van der Waals surface area (Å²) in [5.74, 6) is 0. The molecule has 2 heterocycles. The van der Waals surface area contributed by atoms with Gasteiger partial charge in [-0.3, -0.25) is 0 Å². The van der Waals surface area contributed by atoms with Crippen molar-refractivity contribution < 1.29 is 8.83 Å². The van der Waals surface area contributed by atoms with E-state index in [0.29, 0.717) is 0 Å². The average molecular weight is 694 g/mol. The lowest BCUT2D eigenvalue weighted by Crippen LogP contribution is -2.17. The first-order valence-corrected chi connectivity index (χ1v) is 18.6. The Morgan fingerprint density at radius 1 is 0.426 bits per heavy atom. The maximum absolute atomic E-state index is 7.14. The van der Waals surface area contributed by atoms with Crippen LogP contribution in [0.25, 0.3) is 77.3 Å². The van der Waals surface area contributed by atoms with Gasteiger partial charge in [0.25, 0.3) is 0 Å². The van der Waals surface area contributed by atoms with Gasteiger partial charge in [0.2, 0.25) is 0 Å². The van der Waals surface area contributed by atoms with E-state index in [4.69, 9.17) is 8.83 Å². The number of rotatable bonds is 5. The smallest absolute Gasteiger partial charge is 0.160 e. The first-order valence-electron chi connectivity index (χ1n) is 18.6. The van der Waals surface area contributed by atoms with Crippen molar-refractivity contribution in [2.45, 2.75) is 19.3 Å². The molecule has 0 saturated carbocycles. The number of hydrogen-bond donors (Lipinski definition) is 0. The van der Waals surface area contributed by atoms with Crippen LogP contribution in [0.3, 0.4) is 0 Å². The third-order valence-corrected chi connectivity index (χ3v) is 11.5. The molecule has 3 heteroatoms. The highest BCUT2D eigenvalue weighted by Gasteiger charge is 2.36. The lowest BCUT2D eigenvalue weighted by atomic mass is 9.82. The van der Waals surface area contributed by atoms with Crippen molar-refractivity contribution in [2.24, 2.45) is 0 Å². The van der Waals surface area contributed by atoms with Crippen LogP contribution in [0.2, 0.25) is 0 Å². The molecular weight excluding hydrogens is 659 g/mol. The zero-order chi connectivity index (χ0) is 36.0. The fourth-order valence-corrected chi connectivity index (χ4v) is 8.95. The Morgan fingerprint density at radius 2 is 1.02 bits per heavy atom. The second-order valence-corrected chi connectivity index (χ2v) is 14.8. The van der Waals surface area contributed by atoms with Crippen LogP contribution in [-0.4, -0.2) is 0 Å². The third-order valence-electron chi connectivity index (χ3n) is 11.5. The van der Waals surface area contributed by atoms with Crippen molar-refractivity contribution >= 4 is 60.9 Å². The largest absolute Gasteiger partial charge is 0.456 e. The molecule has 11 rings (SSSR count). The standard InChI is InChI=1S/C51H35NO2/c1-51(2)41-22-12-9-20-37(41)38-26-25-34(31-42(38)51)52(43-23-13-10-19-35(43)32-15-5-3-6-16-32)49-36(33-17-7-4-8-18-33)27-28-40-48-46(54-50(40)49)30-29-45-47(48)39-21-11-14-24-44(39)53-45/h3-31H,1-2H3. The Morgan fingerprint density at radius 3 is 1.81 bits per heavy atom. The molecule has 0 unspecified atom stereocenters. The molecule has 10 aromatic rings. The van der Waals surface area contributed by atoms with Crippen LogP contribution in [0.5, 0.6) is 0 Å². The van der Waals surface area contributed by atoms with Gasteiger partial charge in [-0.2, -0.15) is 0 Å². The Balaban J connectivity index is 1.28. The summed E-state index contributed by atoms with van der Waals surface area (Å²) in [5, 5.41) is 4.28. The number of furan rings is 2. The van der Waals surface area contributed by atoms with E-state index in [-0.39, 0.29) is 5.41 Å². The molecule has 54 heavy (non-hydrogen) atoms. The van der Waals surface area contributed by atoms with E-state index in [1.807, 2.05) is 18.2 Å². The van der Waals surface area contributed by atoms with Gasteiger partial charge in [0.1, 0.15) is 16.7 Å². The summed E-state index contributed by atoms with van der Waals surface area (Å²) in [7, 11) is 0. The van der Waals surface area contributed by atoms with E-state index in [9.17, 15) is 0 Å². The molecule has 2 aromatic heterocycles. The highest BCUT2D eigenvalue weighted by Crippen LogP contribution is 2.54. The maximum Gasteiger partial charge on any atom is 0.160 e.